The number of hydrogen-bond acceptors (Lipinski definition) is 4. The highest BCUT2D eigenvalue weighted by Gasteiger charge is 2.24. The number of nitrogens with one attached hydrogen (secondary N) is 1. The average Bonchev–Trinajstić information content (AvgIpc) is 2.61. The van der Waals surface area contributed by atoms with Gasteiger partial charge >= 0.3 is 5.97 Å². The predicted molar refractivity (Wildman–Crippen MR) is 91.0 cm³/mol. The van der Waals surface area contributed by atoms with Crippen LogP contribution in [0.2, 0.25) is 0 Å². The van der Waals surface area contributed by atoms with Gasteiger partial charge in [-0.2, -0.15) is 0 Å². The van der Waals surface area contributed by atoms with Crippen molar-refractivity contribution in [2.75, 3.05) is 6.61 Å². The van der Waals surface area contributed by atoms with Crippen LogP contribution >= 0.6 is 0 Å². The predicted octanol–water partition coefficient (Wildman–Crippen LogP) is 1.91. The molecular formula is C19H21NO4. The van der Waals surface area contributed by atoms with E-state index < -0.39 is 18.1 Å². The maximum Gasteiger partial charge on any atom is 0.321 e. The zero-order valence-electron chi connectivity index (χ0n) is 13.3. The first-order valence-corrected chi connectivity index (χ1v) is 7.82. The molecule has 5 nitrogen and oxygen atoms in total. The molecule has 0 radical (unpaired) electrons. The van der Waals surface area contributed by atoms with Crippen molar-refractivity contribution in [2.45, 2.75) is 24.9 Å². The van der Waals surface area contributed by atoms with Crippen molar-refractivity contribution in [1.82, 2.24) is 5.32 Å². The van der Waals surface area contributed by atoms with E-state index in [0.717, 1.165) is 5.56 Å². The van der Waals surface area contributed by atoms with Gasteiger partial charge in [0.05, 0.1) is 6.61 Å². The third-order valence-electron chi connectivity index (χ3n) is 3.77. The molecule has 0 unspecified atom stereocenters. The van der Waals surface area contributed by atoms with Crippen LogP contribution in [0.1, 0.15) is 22.3 Å². The fourth-order valence-electron chi connectivity index (χ4n) is 2.50. The molecule has 0 saturated carbocycles. The molecule has 24 heavy (non-hydrogen) atoms. The molecule has 0 aliphatic carbocycles. The molecule has 2 aromatic rings. The minimum atomic E-state index is -1.11. The van der Waals surface area contributed by atoms with Gasteiger partial charge in [0.15, 0.2) is 5.78 Å². The van der Waals surface area contributed by atoms with Crippen LogP contribution in [0.15, 0.2) is 60.7 Å². The minimum Gasteiger partial charge on any atom is -0.480 e. The van der Waals surface area contributed by atoms with Gasteiger partial charge in [0.1, 0.15) is 6.04 Å². The van der Waals surface area contributed by atoms with Gasteiger partial charge in [0.2, 0.25) is 0 Å². The molecule has 0 heterocycles. The molecule has 0 amide bonds. The first-order valence-electron chi connectivity index (χ1n) is 7.82. The number of carbonyl (C=O) groups excluding carboxylic acids is 1. The molecule has 2 aromatic carbocycles. The van der Waals surface area contributed by atoms with E-state index in [1.807, 2.05) is 30.3 Å². The Bertz CT molecular complexity index is 658. The molecule has 0 saturated heterocycles. The molecule has 0 aliphatic rings. The highest BCUT2D eigenvalue weighted by Crippen LogP contribution is 2.09. The van der Waals surface area contributed by atoms with Gasteiger partial charge in [-0.05, 0) is 12.0 Å². The highest BCUT2D eigenvalue weighted by molar-refractivity contribution is 5.98. The Hall–Kier alpha value is -2.50. The van der Waals surface area contributed by atoms with Crippen LogP contribution in [-0.2, 0) is 11.2 Å². The third-order valence-corrected chi connectivity index (χ3v) is 3.77. The lowest BCUT2D eigenvalue weighted by Gasteiger charge is -2.21. The summed E-state index contributed by atoms with van der Waals surface area (Å²) in [4.78, 5) is 23.7. The minimum absolute atomic E-state index is 0.162. The normalized spacial score (nSPS) is 13.2. The standard InChI is InChI=1S/C19H21NO4/c21-13-16(11-14-7-3-1-4-8-14)20-17(19(23)24)12-18(22)15-9-5-2-6-10-15/h1-10,16-17,20-21H,11-13H2,(H,23,24)/t16-,17+/m0/s1. The molecule has 126 valence electrons. The van der Waals surface area contributed by atoms with Crippen LogP contribution in [-0.4, -0.2) is 40.7 Å². The Kier molecular flexibility index (Phi) is 6.66. The zero-order chi connectivity index (χ0) is 17.4. The van der Waals surface area contributed by atoms with E-state index in [1.165, 1.54) is 0 Å². The number of carboxylic acid groups (broad SMARTS) is 1. The van der Waals surface area contributed by atoms with E-state index in [9.17, 15) is 19.8 Å². The number of aliphatic hydroxyl groups is 1. The van der Waals surface area contributed by atoms with Crippen LogP contribution in [0.3, 0.4) is 0 Å². The maximum atomic E-state index is 12.2. The van der Waals surface area contributed by atoms with Crippen molar-refractivity contribution >= 4 is 11.8 Å². The Morgan fingerprint density at radius 2 is 1.54 bits per heavy atom. The number of ketones is 1. The van der Waals surface area contributed by atoms with Crippen molar-refractivity contribution in [3.63, 3.8) is 0 Å². The molecule has 2 atom stereocenters. The van der Waals surface area contributed by atoms with Gasteiger partial charge in [-0.3, -0.25) is 14.9 Å². The summed E-state index contributed by atoms with van der Waals surface area (Å²) in [5.41, 5.74) is 1.47. The van der Waals surface area contributed by atoms with Gasteiger partial charge < -0.3 is 10.2 Å². The monoisotopic (exact) mass is 327 g/mol. The van der Waals surface area contributed by atoms with E-state index in [4.69, 9.17) is 0 Å². The largest absolute Gasteiger partial charge is 0.480 e. The van der Waals surface area contributed by atoms with Crippen molar-refractivity contribution in [2.24, 2.45) is 0 Å². The lowest BCUT2D eigenvalue weighted by Crippen LogP contribution is -2.47. The quantitative estimate of drug-likeness (QED) is 0.613. The number of benzene rings is 2. The lowest BCUT2D eigenvalue weighted by atomic mass is 10.0. The van der Waals surface area contributed by atoms with Gasteiger partial charge in [-0.15, -0.1) is 0 Å². The molecule has 0 bridgehead atoms. The van der Waals surface area contributed by atoms with Gasteiger partial charge in [-0.25, -0.2) is 0 Å². The summed E-state index contributed by atoms with van der Waals surface area (Å²) in [5, 5.41) is 21.8. The van der Waals surface area contributed by atoms with Crippen molar-refractivity contribution in [1.29, 1.82) is 0 Å². The van der Waals surface area contributed by atoms with E-state index in [0.29, 0.717) is 12.0 Å². The van der Waals surface area contributed by atoms with Crippen LogP contribution < -0.4 is 5.32 Å². The Balaban J connectivity index is 2.01. The molecule has 0 fully saturated rings. The average molecular weight is 327 g/mol. The highest BCUT2D eigenvalue weighted by atomic mass is 16.4. The van der Waals surface area contributed by atoms with Crippen LogP contribution in [0.4, 0.5) is 0 Å². The summed E-state index contributed by atoms with van der Waals surface area (Å²) in [5.74, 6) is -1.35. The zero-order valence-corrected chi connectivity index (χ0v) is 13.3. The topological polar surface area (TPSA) is 86.6 Å². The molecule has 5 heteroatoms. The fraction of sp³-hybridized carbons (Fsp3) is 0.263. The summed E-state index contributed by atoms with van der Waals surface area (Å²) in [6.07, 6.45) is 0.325. The molecule has 3 N–H and O–H groups in total. The number of carboxylic acids is 1. The summed E-state index contributed by atoms with van der Waals surface area (Å²) >= 11 is 0. The lowest BCUT2D eigenvalue weighted by molar-refractivity contribution is -0.139. The van der Waals surface area contributed by atoms with E-state index >= 15 is 0 Å². The Labute approximate surface area is 141 Å². The van der Waals surface area contributed by atoms with Gasteiger partial charge in [-0.1, -0.05) is 60.7 Å². The van der Waals surface area contributed by atoms with Gasteiger partial charge in [0.25, 0.3) is 0 Å². The van der Waals surface area contributed by atoms with Crippen molar-refractivity contribution < 1.29 is 19.8 Å². The fourth-order valence-corrected chi connectivity index (χ4v) is 2.50. The summed E-state index contributed by atoms with van der Waals surface area (Å²) in [6, 6.07) is 16.6. The second-order valence-corrected chi connectivity index (χ2v) is 5.62. The second-order valence-electron chi connectivity index (χ2n) is 5.62. The summed E-state index contributed by atoms with van der Waals surface area (Å²) in [7, 11) is 0. The smallest absolute Gasteiger partial charge is 0.321 e. The summed E-state index contributed by atoms with van der Waals surface area (Å²) < 4.78 is 0. The van der Waals surface area contributed by atoms with E-state index in [-0.39, 0.29) is 18.8 Å². The Morgan fingerprint density at radius 3 is 2.08 bits per heavy atom. The van der Waals surface area contributed by atoms with Crippen LogP contribution in [0.5, 0.6) is 0 Å². The molecule has 0 aliphatic heterocycles. The van der Waals surface area contributed by atoms with Crippen molar-refractivity contribution in [3.05, 3.63) is 71.8 Å². The number of carbonyl (C=O) groups is 2. The number of aliphatic hydroxyl groups excluding tert-OH is 1. The first kappa shape index (κ1) is 17.8. The number of Topliss-reactive ketones (excluding diaryl/α,β-unsaturated/α-hetero) is 1. The first-order chi connectivity index (χ1) is 11.6. The molecule has 0 spiro atoms. The van der Waals surface area contributed by atoms with Crippen LogP contribution in [0.25, 0.3) is 0 Å². The summed E-state index contributed by atoms with van der Waals surface area (Å²) in [6.45, 7) is -0.210. The van der Waals surface area contributed by atoms with Crippen molar-refractivity contribution in [3.8, 4) is 0 Å². The SMILES string of the molecule is O=C(C[C@@H](N[C@H](CO)Cc1ccccc1)C(=O)O)c1ccccc1. The molecule has 0 aromatic heterocycles. The maximum absolute atomic E-state index is 12.2. The van der Waals surface area contributed by atoms with Crippen LogP contribution in [0, 0.1) is 0 Å². The number of rotatable bonds is 9. The number of hydrogen-bond donors (Lipinski definition) is 3. The van der Waals surface area contributed by atoms with E-state index in [2.05, 4.69) is 5.32 Å². The molecular weight excluding hydrogens is 306 g/mol. The second kappa shape index (κ2) is 8.96. The Morgan fingerprint density at radius 1 is 0.958 bits per heavy atom. The van der Waals surface area contributed by atoms with Gasteiger partial charge in [0, 0.05) is 18.0 Å². The van der Waals surface area contributed by atoms with E-state index in [1.54, 1.807) is 30.3 Å². The third kappa shape index (κ3) is 5.30. The number of aliphatic carboxylic acids is 1. The molecule has 2 rings (SSSR count).